The molecule has 3 nitrogen and oxygen atoms in total. The minimum Gasteiger partial charge on any atom is -0.496 e. The number of hydrogen-bond donors (Lipinski definition) is 1. The van der Waals surface area contributed by atoms with Crippen molar-refractivity contribution in [1.29, 1.82) is 0 Å². The fourth-order valence-electron chi connectivity index (χ4n) is 1.24. The van der Waals surface area contributed by atoms with Gasteiger partial charge in [0.1, 0.15) is 5.75 Å². The van der Waals surface area contributed by atoms with Crippen molar-refractivity contribution in [1.82, 2.24) is 5.32 Å². The monoisotopic (exact) mass is 301 g/mol. The van der Waals surface area contributed by atoms with Crippen molar-refractivity contribution in [2.75, 3.05) is 13.7 Å². The molecule has 0 aliphatic carbocycles. The lowest BCUT2D eigenvalue weighted by atomic mass is 10.1. The lowest BCUT2D eigenvalue weighted by Crippen LogP contribution is -2.22. The number of carbonyl (C=O) groups is 1. The first kappa shape index (κ1) is 16.0. The van der Waals surface area contributed by atoms with Crippen LogP contribution in [0.25, 0.3) is 0 Å². The number of amides is 1. The van der Waals surface area contributed by atoms with Crippen LogP contribution in [-0.2, 0) is 11.2 Å². The van der Waals surface area contributed by atoms with Gasteiger partial charge in [0, 0.05) is 13.5 Å². The summed E-state index contributed by atoms with van der Waals surface area (Å²) in [4.78, 5) is 10.7. The molecule has 0 heterocycles. The van der Waals surface area contributed by atoms with Gasteiger partial charge in [-0.1, -0.05) is 19.9 Å². The van der Waals surface area contributed by atoms with Gasteiger partial charge >= 0.3 is 0 Å². The van der Waals surface area contributed by atoms with Gasteiger partial charge < -0.3 is 10.1 Å². The number of halogens is 1. The van der Waals surface area contributed by atoms with Gasteiger partial charge in [-0.25, -0.2) is 0 Å². The highest BCUT2D eigenvalue weighted by molar-refractivity contribution is 9.10. The highest BCUT2D eigenvalue weighted by atomic mass is 79.9. The van der Waals surface area contributed by atoms with E-state index in [-0.39, 0.29) is 5.91 Å². The minimum atomic E-state index is -0.000855. The number of ether oxygens (including phenoxy) is 1. The summed E-state index contributed by atoms with van der Waals surface area (Å²) < 4.78 is 6.12. The van der Waals surface area contributed by atoms with Gasteiger partial charge in [0.2, 0.25) is 5.91 Å². The topological polar surface area (TPSA) is 38.3 Å². The molecular formula is C13H20BrNO2. The van der Waals surface area contributed by atoms with Gasteiger partial charge in [-0.2, -0.15) is 0 Å². The predicted octanol–water partition coefficient (Wildman–Crippen LogP) is 3.16. The molecule has 0 radical (unpaired) electrons. The Morgan fingerprint density at radius 3 is 2.59 bits per heavy atom. The maximum absolute atomic E-state index is 10.7. The first-order valence-corrected chi connectivity index (χ1v) is 6.49. The van der Waals surface area contributed by atoms with Crippen LogP contribution in [0.3, 0.4) is 0 Å². The maximum atomic E-state index is 10.7. The van der Waals surface area contributed by atoms with Crippen LogP contribution in [0.4, 0.5) is 0 Å². The third-order valence-electron chi connectivity index (χ3n) is 2.00. The molecule has 96 valence electrons. The van der Waals surface area contributed by atoms with Gasteiger partial charge in [0.05, 0.1) is 11.6 Å². The highest BCUT2D eigenvalue weighted by Gasteiger charge is 2.01. The molecule has 0 fully saturated rings. The molecule has 0 aliphatic heterocycles. The smallest absolute Gasteiger partial charge is 0.216 e. The van der Waals surface area contributed by atoms with Gasteiger partial charge in [-0.15, -0.1) is 0 Å². The van der Waals surface area contributed by atoms with E-state index in [9.17, 15) is 4.79 Å². The van der Waals surface area contributed by atoms with E-state index < -0.39 is 0 Å². The summed E-state index contributed by atoms with van der Waals surface area (Å²) in [6, 6.07) is 5.92. The van der Waals surface area contributed by atoms with Crippen molar-refractivity contribution in [2.45, 2.75) is 27.2 Å². The normalized spacial score (nSPS) is 9.00. The molecule has 1 aromatic rings. The van der Waals surface area contributed by atoms with Gasteiger partial charge in [0.25, 0.3) is 0 Å². The number of rotatable bonds is 4. The van der Waals surface area contributed by atoms with Crippen LogP contribution >= 0.6 is 15.9 Å². The third kappa shape index (κ3) is 6.31. The molecule has 4 heteroatoms. The molecule has 0 atom stereocenters. The Hall–Kier alpha value is -1.03. The van der Waals surface area contributed by atoms with E-state index >= 15 is 0 Å². The molecule has 0 saturated heterocycles. The Morgan fingerprint density at radius 1 is 1.41 bits per heavy atom. The Morgan fingerprint density at radius 2 is 2.06 bits per heavy atom. The average Bonchev–Trinajstić information content (AvgIpc) is 2.33. The number of nitrogens with one attached hydrogen (secondary N) is 1. The lowest BCUT2D eigenvalue weighted by molar-refractivity contribution is -0.118. The van der Waals surface area contributed by atoms with Gasteiger partial charge in [0.15, 0.2) is 0 Å². The van der Waals surface area contributed by atoms with Crippen molar-refractivity contribution in [3.8, 4) is 5.75 Å². The molecule has 1 N–H and O–H groups in total. The summed E-state index contributed by atoms with van der Waals surface area (Å²) in [6.07, 6.45) is 0.809. The zero-order valence-electron chi connectivity index (χ0n) is 10.8. The second-order valence-corrected chi connectivity index (χ2v) is 4.06. The zero-order valence-corrected chi connectivity index (χ0v) is 12.4. The van der Waals surface area contributed by atoms with E-state index in [1.54, 1.807) is 7.11 Å². The molecule has 1 aromatic carbocycles. The van der Waals surface area contributed by atoms with E-state index in [4.69, 9.17) is 4.74 Å². The third-order valence-corrected chi connectivity index (χ3v) is 2.66. The lowest BCUT2D eigenvalue weighted by Gasteiger charge is -2.07. The number of benzene rings is 1. The molecule has 17 heavy (non-hydrogen) atoms. The molecule has 0 aromatic heterocycles. The standard InChI is InChI=1S/C11H14BrNO2.C2H6/c1-8(14)13-6-5-9-3-4-10(12)11(7-9)15-2;1-2/h3-4,7H,5-6H2,1-2H3,(H,13,14);1-2H3. The Balaban J connectivity index is 0.00000121. The average molecular weight is 302 g/mol. The summed E-state index contributed by atoms with van der Waals surface area (Å²) in [5, 5.41) is 2.75. The van der Waals surface area contributed by atoms with Crippen molar-refractivity contribution < 1.29 is 9.53 Å². The van der Waals surface area contributed by atoms with E-state index in [0.717, 1.165) is 22.2 Å². The quantitative estimate of drug-likeness (QED) is 0.928. The molecule has 1 rings (SSSR count). The number of methoxy groups -OCH3 is 1. The van der Waals surface area contributed by atoms with Crippen molar-refractivity contribution in [3.05, 3.63) is 28.2 Å². The summed E-state index contributed by atoms with van der Waals surface area (Å²) in [6.45, 7) is 6.17. The van der Waals surface area contributed by atoms with E-state index in [1.807, 2.05) is 32.0 Å². The van der Waals surface area contributed by atoms with Crippen LogP contribution in [0.5, 0.6) is 5.75 Å². The highest BCUT2D eigenvalue weighted by Crippen LogP contribution is 2.25. The van der Waals surface area contributed by atoms with Crippen molar-refractivity contribution in [2.24, 2.45) is 0 Å². The maximum Gasteiger partial charge on any atom is 0.216 e. The molecular weight excluding hydrogens is 282 g/mol. The second kappa shape index (κ2) is 9.05. The van der Waals surface area contributed by atoms with Crippen LogP contribution in [0.1, 0.15) is 26.3 Å². The fourth-order valence-corrected chi connectivity index (χ4v) is 1.65. The van der Waals surface area contributed by atoms with E-state index in [0.29, 0.717) is 6.54 Å². The summed E-state index contributed by atoms with van der Waals surface area (Å²) in [7, 11) is 1.64. The molecule has 0 saturated carbocycles. The summed E-state index contributed by atoms with van der Waals surface area (Å²) in [5.41, 5.74) is 1.14. The molecule has 0 bridgehead atoms. The van der Waals surface area contributed by atoms with Crippen LogP contribution in [0.2, 0.25) is 0 Å². The van der Waals surface area contributed by atoms with Crippen molar-refractivity contribution >= 4 is 21.8 Å². The Kier molecular flexibility index (Phi) is 8.50. The fraction of sp³-hybridized carbons (Fsp3) is 0.462. The van der Waals surface area contributed by atoms with E-state index in [1.165, 1.54) is 6.92 Å². The van der Waals surface area contributed by atoms with Crippen LogP contribution in [-0.4, -0.2) is 19.6 Å². The molecule has 0 aliphatic rings. The first-order valence-electron chi connectivity index (χ1n) is 5.70. The van der Waals surface area contributed by atoms with Gasteiger partial charge in [-0.05, 0) is 40.0 Å². The SMILES string of the molecule is CC.COc1cc(CCNC(C)=O)ccc1Br. The minimum absolute atomic E-state index is 0.000855. The summed E-state index contributed by atoms with van der Waals surface area (Å²) in [5.74, 6) is 0.814. The van der Waals surface area contributed by atoms with Crippen LogP contribution in [0.15, 0.2) is 22.7 Å². The van der Waals surface area contributed by atoms with E-state index in [2.05, 4.69) is 21.2 Å². The number of carbonyl (C=O) groups excluding carboxylic acids is 1. The Labute approximate surface area is 112 Å². The zero-order chi connectivity index (χ0) is 13.3. The van der Waals surface area contributed by atoms with Gasteiger partial charge in [-0.3, -0.25) is 4.79 Å². The molecule has 0 unspecified atom stereocenters. The van der Waals surface area contributed by atoms with Crippen LogP contribution < -0.4 is 10.1 Å². The predicted molar refractivity (Wildman–Crippen MR) is 74.4 cm³/mol. The number of hydrogen-bond acceptors (Lipinski definition) is 2. The molecule has 0 spiro atoms. The largest absolute Gasteiger partial charge is 0.496 e. The second-order valence-electron chi connectivity index (χ2n) is 3.20. The van der Waals surface area contributed by atoms with Crippen molar-refractivity contribution in [3.63, 3.8) is 0 Å². The van der Waals surface area contributed by atoms with Crippen LogP contribution in [0, 0.1) is 0 Å². The summed E-state index contributed by atoms with van der Waals surface area (Å²) >= 11 is 3.39. The molecule has 1 amide bonds. The Bertz CT molecular complexity index is 353. The first-order chi connectivity index (χ1) is 8.13.